The molecule has 3 heterocycles. The first kappa shape index (κ1) is 22.4. The lowest BCUT2D eigenvalue weighted by molar-refractivity contribution is -0.0450. The molecule has 4 fully saturated rings. The SMILES string of the molecule is C1OCC1CN1CC2CC2C1.Nc1ncc(-c2ccccc2)cc1C(=O)NC1CCCCC1. The Morgan fingerprint density at radius 1 is 1.06 bits per heavy atom. The Labute approximate surface area is 196 Å². The van der Waals surface area contributed by atoms with Crippen molar-refractivity contribution >= 4 is 11.7 Å². The molecule has 176 valence electrons. The minimum Gasteiger partial charge on any atom is -0.383 e. The van der Waals surface area contributed by atoms with Gasteiger partial charge in [-0.05, 0) is 42.7 Å². The largest absolute Gasteiger partial charge is 0.383 e. The van der Waals surface area contributed by atoms with E-state index >= 15 is 0 Å². The average Bonchev–Trinajstić information content (AvgIpc) is 3.43. The topological polar surface area (TPSA) is 80.5 Å². The molecule has 6 heteroatoms. The third kappa shape index (κ3) is 5.74. The predicted octanol–water partition coefficient (Wildman–Crippen LogP) is 3.98. The lowest BCUT2D eigenvalue weighted by Crippen LogP contribution is -2.39. The van der Waals surface area contributed by atoms with Gasteiger partial charge in [0, 0.05) is 43.4 Å². The van der Waals surface area contributed by atoms with Gasteiger partial charge in [-0.1, -0.05) is 49.6 Å². The van der Waals surface area contributed by atoms with Gasteiger partial charge in [-0.25, -0.2) is 4.98 Å². The Balaban J connectivity index is 0.000000171. The number of anilines is 1. The number of fused-ring (bicyclic) bond motifs is 1. The van der Waals surface area contributed by atoms with Gasteiger partial charge in [0.2, 0.25) is 0 Å². The molecule has 2 saturated carbocycles. The molecule has 2 aliphatic heterocycles. The molecule has 1 aromatic carbocycles. The molecule has 0 bridgehead atoms. The van der Waals surface area contributed by atoms with Crippen LogP contribution in [0.2, 0.25) is 0 Å². The van der Waals surface area contributed by atoms with Crippen LogP contribution < -0.4 is 11.1 Å². The number of pyridine rings is 1. The number of amides is 1. The van der Waals surface area contributed by atoms with Gasteiger partial charge >= 0.3 is 0 Å². The zero-order valence-electron chi connectivity index (χ0n) is 19.4. The highest BCUT2D eigenvalue weighted by Crippen LogP contribution is 2.45. The molecule has 4 aliphatic rings. The van der Waals surface area contributed by atoms with Gasteiger partial charge in [0.25, 0.3) is 5.91 Å². The van der Waals surface area contributed by atoms with E-state index in [2.05, 4.69) is 15.2 Å². The van der Waals surface area contributed by atoms with Crippen molar-refractivity contribution in [1.29, 1.82) is 0 Å². The van der Waals surface area contributed by atoms with E-state index < -0.39 is 0 Å². The van der Waals surface area contributed by atoms with Gasteiger partial charge in [-0.3, -0.25) is 4.79 Å². The van der Waals surface area contributed by atoms with Crippen molar-refractivity contribution in [3.63, 3.8) is 0 Å². The number of rotatable bonds is 5. The second-order valence-electron chi connectivity index (χ2n) is 10.2. The van der Waals surface area contributed by atoms with Crippen molar-refractivity contribution < 1.29 is 9.53 Å². The lowest BCUT2D eigenvalue weighted by Gasteiger charge is -2.30. The van der Waals surface area contributed by atoms with E-state index in [4.69, 9.17) is 10.5 Å². The maximum Gasteiger partial charge on any atom is 0.255 e. The fourth-order valence-electron chi connectivity index (χ4n) is 5.36. The summed E-state index contributed by atoms with van der Waals surface area (Å²) in [4.78, 5) is 19.3. The smallest absolute Gasteiger partial charge is 0.255 e. The Bertz CT molecular complexity index is 930. The number of nitrogen functional groups attached to an aromatic ring is 1. The normalized spacial score (nSPS) is 24.8. The van der Waals surface area contributed by atoms with Gasteiger partial charge in [0.1, 0.15) is 5.82 Å². The molecule has 0 spiro atoms. The molecule has 2 aliphatic carbocycles. The molecule has 2 atom stereocenters. The Morgan fingerprint density at radius 3 is 2.45 bits per heavy atom. The number of ether oxygens (including phenoxy) is 1. The van der Waals surface area contributed by atoms with Crippen LogP contribution in [0.4, 0.5) is 5.82 Å². The fraction of sp³-hybridized carbons (Fsp3) is 0.556. The Kier molecular flexibility index (Phi) is 6.93. The Morgan fingerprint density at radius 2 is 1.79 bits per heavy atom. The van der Waals surface area contributed by atoms with Crippen molar-refractivity contribution in [2.24, 2.45) is 17.8 Å². The minimum absolute atomic E-state index is 0.116. The van der Waals surface area contributed by atoms with Crippen LogP contribution in [-0.4, -0.2) is 54.7 Å². The third-order valence-electron chi connectivity index (χ3n) is 7.49. The van der Waals surface area contributed by atoms with Gasteiger partial charge in [0.05, 0.1) is 18.8 Å². The number of likely N-dealkylation sites (tertiary alicyclic amines) is 1. The highest BCUT2D eigenvalue weighted by molar-refractivity contribution is 5.99. The number of aromatic nitrogens is 1. The van der Waals surface area contributed by atoms with Crippen molar-refractivity contribution in [2.45, 2.75) is 44.6 Å². The highest BCUT2D eigenvalue weighted by atomic mass is 16.5. The molecule has 2 unspecified atom stereocenters. The molecule has 2 saturated heterocycles. The first-order valence-corrected chi connectivity index (χ1v) is 12.6. The summed E-state index contributed by atoms with van der Waals surface area (Å²) in [6.45, 7) is 6.13. The van der Waals surface area contributed by atoms with Crippen LogP contribution in [0.5, 0.6) is 0 Å². The summed E-state index contributed by atoms with van der Waals surface area (Å²) >= 11 is 0. The predicted molar refractivity (Wildman–Crippen MR) is 131 cm³/mol. The average molecular weight is 449 g/mol. The lowest BCUT2D eigenvalue weighted by atomic mass is 9.95. The Hall–Kier alpha value is -2.44. The van der Waals surface area contributed by atoms with E-state index in [-0.39, 0.29) is 17.8 Å². The van der Waals surface area contributed by atoms with Crippen molar-refractivity contribution in [3.8, 4) is 11.1 Å². The van der Waals surface area contributed by atoms with Crippen LogP contribution in [0.25, 0.3) is 11.1 Å². The number of carbonyl (C=O) groups is 1. The highest BCUT2D eigenvalue weighted by Gasteiger charge is 2.45. The summed E-state index contributed by atoms with van der Waals surface area (Å²) in [7, 11) is 0. The van der Waals surface area contributed by atoms with Crippen LogP contribution in [0.1, 0.15) is 48.9 Å². The summed E-state index contributed by atoms with van der Waals surface area (Å²) in [6, 6.07) is 12.0. The number of nitrogens with one attached hydrogen (secondary N) is 1. The number of nitrogens with two attached hydrogens (primary N) is 1. The molecule has 6 rings (SSSR count). The number of carbonyl (C=O) groups excluding carboxylic acids is 1. The molecule has 1 amide bonds. The molecule has 33 heavy (non-hydrogen) atoms. The van der Waals surface area contributed by atoms with Crippen LogP contribution in [-0.2, 0) is 4.74 Å². The third-order valence-corrected chi connectivity index (χ3v) is 7.49. The van der Waals surface area contributed by atoms with E-state index in [1.807, 2.05) is 36.4 Å². The monoisotopic (exact) mass is 448 g/mol. The molecule has 1 aromatic heterocycles. The number of hydrogen-bond acceptors (Lipinski definition) is 5. The second-order valence-corrected chi connectivity index (χ2v) is 10.2. The van der Waals surface area contributed by atoms with Crippen LogP contribution >= 0.6 is 0 Å². The molecular formula is C27H36N4O2. The van der Waals surface area contributed by atoms with Gasteiger partial charge < -0.3 is 20.7 Å². The quantitative estimate of drug-likeness (QED) is 0.723. The molecular weight excluding hydrogens is 412 g/mol. The first-order chi connectivity index (χ1) is 16.2. The number of piperidine rings is 1. The first-order valence-electron chi connectivity index (χ1n) is 12.6. The summed E-state index contributed by atoms with van der Waals surface area (Å²) in [5.41, 5.74) is 8.30. The standard InChI is InChI=1S/C18H21N3O.C9H15NO/c19-17-16(18(22)21-15-9-5-2-6-10-15)11-14(12-20-17)13-7-3-1-4-8-13;1-8-3-10(4-9(1)8)2-7-5-11-6-7/h1,3-4,7-8,11-12,15H,2,5-6,9-10H2,(H2,19,20)(H,21,22);7-9H,1-6H2. The number of benzene rings is 1. The molecule has 2 aromatic rings. The van der Waals surface area contributed by atoms with E-state index in [1.54, 1.807) is 6.20 Å². The summed E-state index contributed by atoms with van der Waals surface area (Å²) in [5.74, 6) is 3.22. The van der Waals surface area contributed by atoms with E-state index in [9.17, 15) is 4.79 Å². The van der Waals surface area contributed by atoms with Crippen molar-refractivity contribution in [2.75, 3.05) is 38.6 Å². The number of nitrogens with zero attached hydrogens (tertiary/aromatic N) is 2. The summed E-state index contributed by atoms with van der Waals surface area (Å²) < 4.78 is 5.16. The summed E-state index contributed by atoms with van der Waals surface area (Å²) in [5, 5.41) is 3.10. The van der Waals surface area contributed by atoms with Gasteiger partial charge in [-0.15, -0.1) is 0 Å². The van der Waals surface area contributed by atoms with Crippen LogP contribution in [0.15, 0.2) is 42.6 Å². The van der Waals surface area contributed by atoms with Gasteiger partial charge in [0.15, 0.2) is 0 Å². The van der Waals surface area contributed by atoms with E-state index in [0.29, 0.717) is 5.56 Å². The van der Waals surface area contributed by atoms with Crippen molar-refractivity contribution in [3.05, 3.63) is 48.2 Å². The van der Waals surface area contributed by atoms with Crippen molar-refractivity contribution in [1.82, 2.24) is 15.2 Å². The fourth-order valence-corrected chi connectivity index (χ4v) is 5.36. The van der Waals surface area contributed by atoms with E-state index in [1.165, 1.54) is 45.3 Å². The van der Waals surface area contributed by atoms with Crippen LogP contribution in [0, 0.1) is 17.8 Å². The molecule has 6 nitrogen and oxygen atoms in total. The van der Waals surface area contributed by atoms with Crippen LogP contribution in [0.3, 0.4) is 0 Å². The zero-order chi connectivity index (χ0) is 22.6. The maximum absolute atomic E-state index is 12.5. The second kappa shape index (κ2) is 10.2. The number of hydrogen-bond donors (Lipinski definition) is 2. The van der Waals surface area contributed by atoms with Gasteiger partial charge in [-0.2, -0.15) is 0 Å². The minimum atomic E-state index is -0.116. The summed E-state index contributed by atoms with van der Waals surface area (Å²) in [6.07, 6.45) is 8.97. The molecule has 3 N–H and O–H groups in total. The zero-order valence-corrected chi connectivity index (χ0v) is 19.4. The van der Waals surface area contributed by atoms with E-state index in [0.717, 1.165) is 54.9 Å². The molecule has 0 radical (unpaired) electrons. The maximum atomic E-state index is 12.5.